The van der Waals surface area contributed by atoms with Crippen LogP contribution in [0.15, 0.2) is 24.4 Å². The number of carbonyl (C=O) groups excluding carboxylic acids is 1. The van der Waals surface area contributed by atoms with Gasteiger partial charge in [-0.25, -0.2) is 18.2 Å². The van der Waals surface area contributed by atoms with Gasteiger partial charge >= 0.3 is 5.97 Å². The van der Waals surface area contributed by atoms with Gasteiger partial charge in [0.15, 0.2) is 5.82 Å². The van der Waals surface area contributed by atoms with E-state index < -0.39 is 22.7 Å². The summed E-state index contributed by atoms with van der Waals surface area (Å²) in [5, 5.41) is 0. The van der Waals surface area contributed by atoms with Crippen LogP contribution in [0.3, 0.4) is 0 Å². The molecule has 9 heteroatoms. The Morgan fingerprint density at radius 1 is 1.41 bits per heavy atom. The standard InChI is InChI=1S/C13H16FN3O4S/c1-21-13(18)10-5-4-6-12-15-11(9-17(10)12)16-22(19,20)8-3-2-7-14/h4-6,9,16H,2-3,7-8H2,1H3. The molecule has 0 aliphatic rings. The number of sulfonamides is 1. The number of halogens is 1. The molecule has 0 aromatic carbocycles. The summed E-state index contributed by atoms with van der Waals surface area (Å²) in [7, 11) is -2.35. The molecule has 0 bridgehead atoms. The second-order valence-corrected chi connectivity index (χ2v) is 6.42. The van der Waals surface area contributed by atoms with Gasteiger partial charge in [-0.3, -0.25) is 13.5 Å². The van der Waals surface area contributed by atoms with Gasteiger partial charge in [-0.15, -0.1) is 0 Å². The highest BCUT2D eigenvalue weighted by molar-refractivity contribution is 7.92. The average molecular weight is 329 g/mol. The smallest absolute Gasteiger partial charge is 0.355 e. The molecule has 0 amide bonds. The number of alkyl halides is 1. The number of aromatic nitrogens is 2. The third kappa shape index (κ3) is 3.73. The number of methoxy groups -OCH3 is 1. The number of nitrogens with zero attached hydrogens (tertiary/aromatic N) is 2. The Morgan fingerprint density at radius 3 is 2.86 bits per heavy atom. The lowest BCUT2D eigenvalue weighted by Gasteiger charge is -2.03. The summed E-state index contributed by atoms with van der Waals surface area (Å²) in [5.74, 6) is -0.647. The summed E-state index contributed by atoms with van der Waals surface area (Å²) in [6.45, 7) is -0.549. The van der Waals surface area contributed by atoms with Crippen molar-refractivity contribution in [1.82, 2.24) is 9.38 Å². The molecule has 0 radical (unpaired) electrons. The van der Waals surface area contributed by atoms with Gasteiger partial charge in [0.2, 0.25) is 10.0 Å². The molecule has 7 nitrogen and oxygen atoms in total. The molecular weight excluding hydrogens is 313 g/mol. The zero-order chi connectivity index (χ0) is 16.2. The summed E-state index contributed by atoms with van der Waals surface area (Å²) in [6, 6.07) is 4.79. The molecule has 1 N–H and O–H groups in total. The molecule has 2 heterocycles. The van der Waals surface area contributed by atoms with Gasteiger partial charge in [-0.1, -0.05) is 6.07 Å². The number of ether oxygens (including phenoxy) is 1. The number of unbranched alkanes of at least 4 members (excludes halogenated alkanes) is 1. The number of pyridine rings is 1. The summed E-state index contributed by atoms with van der Waals surface area (Å²) in [4.78, 5) is 15.7. The maximum atomic E-state index is 12.0. The van der Waals surface area contributed by atoms with Crippen molar-refractivity contribution in [3.05, 3.63) is 30.1 Å². The molecule has 0 aliphatic carbocycles. The van der Waals surface area contributed by atoms with Crippen molar-refractivity contribution in [3.63, 3.8) is 0 Å². The van der Waals surface area contributed by atoms with E-state index in [1.165, 1.54) is 17.7 Å². The molecule has 120 valence electrons. The number of nitrogens with one attached hydrogen (secondary N) is 1. The minimum Gasteiger partial charge on any atom is -0.464 e. The number of hydrogen-bond donors (Lipinski definition) is 1. The topological polar surface area (TPSA) is 89.8 Å². The number of anilines is 1. The van der Waals surface area contributed by atoms with E-state index in [1.54, 1.807) is 18.2 Å². The normalized spacial score (nSPS) is 11.5. The van der Waals surface area contributed by atoms with Crippen molar-refractivity contribution in [3.8, 4) is 0 Å². The quantitative estimate of drug-likeness (QED) is 0.616. The number of fused-ring (bicyclic) bond motifs is 1. The van der Waals surface area contributed by atoms with Crippen LogP contribution in [0.4, 0.5) is 10.2 Å². The number of rotatable bonds is 7. The zero-order valence-electron chi connectivity index (χ0n) is 12.0. The van der Waals surface area contributed by atoms with Gasteiger partial charge in [0.1, 0.15) is 11.3 Å². The molecule has 0 atom stereocenters. The molecule has 0 unspecified atom stereocenters. The van der Waals surface area contributed by atoms with Crippen LogP contribution in [0, 0.1) is 0 Å². The first-order valence-corrected chi connectivity index (χ1v) is 8.25. The Kier molecular flexibility index (Phi) is 4.96. The van der Waals surface area contributed by atoms with Crippen molar-refractivity contribution in [2.45, 2.75) is 12.8 Å². The first kappa shape index (κ1) is 16.2. The molecule has 0 spiro atoms. The number of hydrogen-bond acceptors (Lipinski definition) is 5. The lowest BCUT2D eigenvalue weighted by Crippen LogP contribution is -2.17. The Morgan fingerprint density at radius 2 is 2.18 bits per heavy atom. The third-order valence-electron chi connectivity index (χ3n) is 2.94. The second kappa shape index (κ2) is 6.73. The Labute approximate surface area is 127 Å². The Hall–Kier alpha value is -2.16. The Balaban J connectivity index is 2.25. The first-order valence-electron chi connectivity index (χ1n) is 6.60. The summed E-state index contributed by atoms with van der Waals surface area (Å²) in [6.07, 6.45) is 1.82. The minimum absolute atomic E-state index is 0.0941. The maximum absolute atomic E-state index is 12.0. The fourth-order valence-corrected chi connectivity index (χ4v) is 3.03. The zero-order valence-corrected chi connectivity index (χ0v) is 12.8. The summed E-state index contributed by atoms with van der Waals surface area (Å²) in [5.41, 5.74) is 0.639. The number of carbonyl (C=O) groups is 1. The third-order valence-corrected chi connectivity index (χ3v) is 4.29. The van der Waals surface area contributed by atoms with Crippen LogP contribution < -0.4 is 4.72 Å². The fourth-order valence-electron chi connectivity index (χ4n) is 1.93. The lowest BCUT2D eigenvalue weighted by atomic mass is 10.3. The lowest BCUT2D eigenvalue weighted by molar-refractivity contribution is 0.0592. The van der Waals surface area contributed by atoms with E-state index in [0.717, 1.165) is 0 Å². The second-order valence-electron chi connectivity index (χ2n) is 4.57. The molecule has 2 aromatic rings. The molecule has 2 aromatic heterocycles. The molecule has 0 fully saturated rings. The number of imidazole rings is 1. The SMILES string of the molecule is COC(=O)c1cccc2nc(NS(=O)(=O)CCCCF)cn12. The summed E-state index contributed by atoms with van der Waals surface area (Å²) >= 11 is 0. The van der Waals surface area contributed by atoms with Crippen LogP contribution >= 0.6 is 0 Å². The average Bonchev–Trinajstić information content (AvgIpc) is 2.87. The maximum Gasteiger partial charge on any atom is 0.355 e. The highest BCUT2D eigenvalue weighted by Gasteiger charge is 2.15. The molecule has 22 heavy (non-hydrogen) atoms. The van der Waals surface area contributed by atoms with E-state index in [1.807, 2.05) is 0 Å². The van der Waals surface area contributed by atoms with Crippen LogP contribution in [0.2, 0.25) is 0 Å². The molecular formula is C13H16FN3O4S. The van der Waals surface area contributed by atoms with Crippen molar-refractivity contribution >= 4 is 27.5 Å². The van der Waals surface area contributed by atoms with E-state index in [2.05, 4.69) is 14.4 Å². The predicted molar refractivity (Wildman–Crippen MR) is 79.2 cm³/mol. The van der Waals surface area contributed by atoms with Gasteiger partial charge < -0.3 is 4.74 Å². The van der Waals surface area contributed by atoms with Gasteiger partial charge in [0.25, 0.3) is 0 Å². The van der Waals surface area contributed by atoms with E-state index >= 15 is 0 Å². The molecule has 0 saturated carbocycles. The van der Waals surface area contributed by atoms with Crippen LogP contribution in [0.25, 0.3) is 5.65 Å². The van der Waals surface area contributed by atoms with Gasteiger partial charge in [-0.2, -0.15) is 0 Å². The largest absolute Gasteiger partial charge is 0.464 e. The van der Waals surface area contributed by atoms with E-state index in [0.29, 0.717) is 5.65 Å². The fraction of sp³-hybridized carbons (Fsp3) is 0.385. The van der Waals surface area contributed by atoms with Gasteiger partial charge in [0, 0.05) is 0 Å². The van der Waals surface area contributed by atoms with Crippen LogP contribution in [-0.4, -0.2) is 43.3 Å². The Bertz CT molecular complexity index is 773. The van der Waals surface area contributed by atoms with Crippen molar-refractivity contribution in [2.75, 3.05) is 24.3 Å². The van der Waals surface area contributed by atoms with Crippen LogP contribution in [-0.2, 0) is 14.8 Å². The highest BCUT2D eigenvalue weighted by atomic mass is 32.2. The van der Waals surface area contributed by atoms with Crippen molar-refractivity contribution < 1.29 is 22.3 Å². The minimum atomic E-state index is -3.60. The van der Waals surface area contributed by atoms with E-state index in [4.69, 9.17) is 0 Å². The molecule has 0 saturated heterocycles. The summed E-state index contributed by atoms with van der Waals surface area (Å²) < 4.78 is 44.1. The molecule has 2 rings (SSSR count). The van der Waals surface area contributed by atoms with Crippen molar-refractivity contribution in [2.24, 2.45) is 0 Å². The first-order chi connectivity index (χ1) is 10.5. The monoisotopic (exact) mass is 329 g/mol. The predicted octanol–water partition coefficient (Wildman–Crippen LogP) is 1.61. The van der Waals surface area contributed by atoms with Crippen LogP contribution in [0.1, 0.15) is 23.3 Å². The van der Waals surface area contributed by atoms with E-state index in [9.17, 15) is 17.6 Å². The van der Waals surface area contributed by atoms with Crippen molar-refractivity contribution in [1.29, 1.82) is 0 Å². The molecule has 0 aliphatic heterocycles. The van der Waals surface area contributed by atoms with Gasteiger partial charge in [-0.05, 0) is 25.0 Å². The highest BCUT2D eigenvalue weighted by Crippen LogP contribution is 2.15. The number of esters is 1. The van der Waals surface area contributed by atoms with E-state index in [-0.39, 0.29) is 30.1 Å². The van der Waals surface area contributed by atoms with Crippen LogP contribution in [0.5, 0.6) is 0 Å². The van der Waals surface area contributed by atoms with Gasteiger partial charge in [0.05, 0.1) is 25.7 Å².